The van der Waals surface area contributed by atoms with Crippen LogP contribution in [0.25, 0.3) is 0 Å². The minimum absolute atomic E-state index is 0.619. The van der Waals surface area contributed by atoms with E-state index in [1.54, 1.807) is 0 Å². The number of thiazole rings is 1. The minimum Gasteiger partial charge on any atom is -0.486 e. The van der Waals surface area contributed by atoms with E-state index in [1.807, 2.05) is 12.3 Å². The molecule has 0 unspecified atom stereocenters. The van der Waals surface area contributed by atoms with E-state index in [9.17, 15) is 0 Å². The van der Waals surface area contributed by atoms with Gasteiger partial charge < -0.3 is 20.5 Å². The Kier molecular flexibility index (Phi) is 4.03. The van der Waals surface area contributed by atoms with E-state index < -0.39 is 0 Å². The summed E-state index contributed by atoms with van der Waals surface area (Å²) in [6.07, 6.45) is 2.77. The molecule has 1 aromatic heterocycles. The first-order valence-corrected chi connectivity index (χ1v) is 7.42. The van der Waals surface area contributed by atoms with Crippen molar-refractivity contribution in [3.63, 3.8) is 0 Å². The van der Waals surface area contributed by atoms with E-state index in [0.29, 0.717) is 18.3 Å². The summed E-state index contributed by atoms with van der Waals surface area (Å²) in [4.78, 5) is 5.18. The molecule has 2 aromatic rings. The van der Waals surface area contributed by atoms with Gasteiger partial charge in [0.25, 0.3) is 0 Å². The van der Waals surface area contributed by atoms with Gasteiger partial charge in [-0.2, -0.15) is 0 Å². The highest BCUT2D eigenvalue weighted by Crippen LogP contribution is 2.30. The fraction of sp³-hybridized carbons (Fsp3) is 0.357. The van der Waals surface area contributed by atoms with Crippen LogP contribution >= 0.6 is 11.3 Å². The van der Waals surface area contributed by atoms with Crippen LogP contribution in [0.15, 0.2) is 24.4 Å². The summed E-state index contributed by atoms with van der Waals surface area (Å²) < 4.78 is 11.1. The molecule has 3 rings (SSSR count). The van der Waals surface area contributed by atoms with Gasteiger partial charge in [-0.3, -0.25) is 0 Å². The first kappa shape index (κ1) is 13.2. The van der Waals surface area contributed by atoms with E-state index in [-0.39, 0.29) is 0 Å². The second kappa shape index (κ2) is 6.11. The van der Waals surface area contributed by atoms with Crippen LogP contribution in [0, 0.1) is 0 Å². The molecule has 0 saturated carbocycles. The average Bonchev–Trinajstić information content (AvgIpc) is 2.89. The van der Waals surface area contributed by atoms with Crippen molar-refractivity contribution in [2.45, 2.75) is 13.0 Å². The highest BCUT2D eigenvalue weighted by molar-refractivity contribution is 7.15. The number of nitrogens with one attached hydrogen (secondary N) is 1. The fourth-order valence-electron chi connectivity index (χ4n) is 2.09. The van der Waals surface area contributed by atoms with Crippen molar-refractivity contribution in [3.05, 3.63) is 34.8 Å². The molecule has 1 aromatic carbocycles. The predicted molar refractivity (Wildman–Crippen MR) is 79.4 cm³/mol. The second-order valence-corrected chi connectivity index (χ2v) is 5.72. The molecular formula is C14H17N3O2S. The van der Waals surface area contributed by atoms with E-state index in [0.717, 1.165) is 35.9 Å². The molecule has 5 nitrogen and oxygen atoms in total. The van der Waals surface area contributed by atoms with Crippen LogP contribution in [-0.2, 0) is 13.0 Å². The molecule has 6 heteroatoms. The Balaban J connectivity index is 1.48. The molecule has 0 fully saturated rings. The van der Waals surface area contributed by atoms with Crippen LogP contribution in [0.4, 0.5) is 5.13 Å². The van der Waals surface area contributed by atoms with Gasteiger partial charge in [-0.1, -0.05) is 6.07 Å². The zero-order valence-electron chi connectivity index (χ0n) is 11.1. The van der Waals surface area contributed by atoms with Crippen molar-refractivity contribution >= 4 is 16.5 Å². The van der Waals surface area contributed by atoms with Crippen LogP contribution in [0.1, 0.15) is 10.4 Å². The van der Waals surface area contributed by atoms with Gasteiger partial charge in [0, 0.05) is 17.6 Å². The lowest BCUT2D eigenvalue weighted by Crippen LogP contribution is -2.17. The van der Waals surface area contributed by atoms with Gasteiger partial charge in [0.15, 0.2) is 16.6 Å². The zero-order chi connectivity index (χ0) is 13.8. The lowest BCUT2D eigenvalue weighted by atomic mass is 10.1. The quantitative estimate of drug-likeness (QED) is 0.823. The van der Waals surface area contributed by atoms with Crippen LogP contribution in [0.3, 0.4) is 0 Å². The molecule has 0 bridgehead atoms. The Labute approximate surface area is 121 Å². The van der Waals surface area contributed by atoms with Gasteiger partial charge in [-0.25, -0.2) is 4.98 Å². The summed E-state index contributed by atoms with van der Waals surface area (Å²) in [5.41, 5.74) is 6.83. The second-order valence-electron chi connectivity index (χ2n) is 4.57. The minimum atomic E-state index is 0.619. The summed E-state index contributed by atoms with van der Waals surface area (Å²) in [6.45, 7) is 2.96. The fourth-order valence-corrected chi connectivity index (χ4v) is 2.75. The van der Waals surface area contributed by atoms with Gasteiger partial charge in [-0.05, 0) is 30.7 Å². The van der Waals surface area contributed by atoms with Crippen molar-refractivity contribution in [2.24, 2.45) is 0 Å². The molecule has 0 amide bonds. The monoisotopic (exact) mass is 291 g/mol. The summed E-state index contributed by atoms with van der Waals surface area (Å²) in [7, 11) is 0. The maximum atomic E-state index is 5.59. The molecule has 2 heterocycles. The van der Waals surface area contributed by atoms with Gasteiger partial charge in [0.05, 0.1) is 0 Å². The van der Waals surface area contributed by atoms with Gasteiger partial charge in [0.1, 0.15) is 13.2 Å². The van der Waals surface area contributed by atoms with Gasteiger partial charge >= 0.3 is 0 Å². The standard InChI is InChI=1S/C14H17N3O2S/c15-14-17-9-11(20-14)8-16-4-3-10-1-2-12-13(7-10)19-6-5-18-12/h1-2,7,9,16H,3-6,8H2,(H2,15,17). The van der Waals surface area contributed by atoms with E-state index in [1.165, 1.54) is 16.9 Å². The summed E-state index contributed by atoms with van der Waals surface area (Å²) in [6, 6.07) is 6.12. The van der Waals surface area contributed by atoms with E-state index >= 15 is 0 Å². The SMILES string of the molecule is Nc1ncc(CNCCc2ccc3c(c2)OCCO3)s1. The number of nitrogen functional groups attached to an aromatic ring is 1. The van der Waals surface area contributed by atoms with Crippen molar-refractivity contribution in [2.75, 3.05) is 25.5 Å². The molecule has 0 radical (unpaired) electrons. The molecule has 0 atom stereocenters. The summed E-state index contributed by atoms with van der Waals surface area (Å²) in [5, 5.41) is 4.01. The Morgan fingerprint density at radius 1 is 1.25 bits per heavy atom. The molecule has 20 heavy (non-hydrogen) atoms. The number of fused-ring (bicyclic) bond motifs is 1. The Hall–Kier alpha value is -1.79. The van der Waals surface area contributed by atoms with E-state index in [2.05, 4.69) is 22.4 Å². The molecule has 3 N–H and O–H groups in total. The maximum Gasteiger partial charge on any atom is 0.180 e. The smallest absolute Gasteiger partial charge is 0.180 e. The predicted octanol–water partition coefficient (Wildman–Crippen LogP) is 1.83. The molecule has 1 aliphatic rings. The number of nitrogens with zero attached hydrogens (tertiary/aromatic N) is 1. The number of aromatic nitrogens is 1. The van der Waals surface area contributed by atoms with Gasteiger partial charge in [-0.15, -0.1) is 11.3 Å². The van der Waals surface area contributed by atoms with Crippen LogP contribution in [0.2, 0.25) is 0 Å². The number of hydrogen-bond donors (Lipinski definition) is 2. The topological polar surface area (TPSA) is 69.4 Å². The third kappa shape index (κ3) is 3.20. The maximum absolute atomic E-state index is 5.59. The first-order valence-electron chi connectivity index (χ1n) is 6.61. The number of hydrogen-bond acceptors (Lipinski definition) is 6. The molecule has 106 valence electrons. The Bertz CT molecular complexity index is 586. The Morgan fingerprint density at radius 3 is 2.90 bits per heavy atom. The number of nitrogens with two attached hydrogens (primary N) is 1. The summed E-state index contributed by atoms with van der Waals surface area (Å²) in [5.74, 6) is 1.69. The largest absolute Gasteiger partial charge is 0.486 e. The average molecular weight is 291 g/mol. The number of ether oxygens (including phenoxy) is 2. The van der Waals surface area contributed by atoms with Gasteiger partial charge in [0.2, 0.25) is 0 Å². The summed E-state index contributed by atoms with van der Waals surface area (Å²) >= 11 is 1.52. The number of rotatable bonds is 5. The van der Waals surface area contributed by atoms with Crippen molar-refractivity contribution in [3.8, 4) is 11.5 Å². The molecule has 0 aliphatic carbocycles. The van der Waals surface area contributed by atoms with Crippen molar-refractivity contribution in [1.82, 2.24) is 10.3 Å². The van der Waals surface area contributed by atoms with E-state index in [4.69, 9.17) is 15.2 Å². The lowest BCUT2D eigenvalue weighted by molar-refractivity contribution is 0.171. The Morgan fingerprint density at radius 2 is 2.10 bits per heavy atom. The molecule has 0 spiro atoms. The van der Waals surface area contributed by atoms with Crippen LogP contribution < -0.4 is 20.5 Å². The molecule has 1 aliphatic heterocycles. The highest BCUT2D eigenvalue weighted by Gasteiger charge is 2.11. The number of anilines is 1. The van der Waals surface area contributed by atoms with Crippen LogP contribution in [-0.4, -0.2) is 24.7 Å². The van der Waals surface area contributed by atoms with Crippen molar-refractivity contribution in [1.29, 1.82) is 0 Å². The van der Waals surface area contributed by atoms with Crippen LogP contribution in [0.5, 0.6) is 11.5 Å². The highest BCUT2D eigenvalue weighted by atomic mass is 32.1. The normalized spacial score (nSPS) is 13.4. The third-order valence-electron chi connectivity index (χ3n) is 3.07. The zero-order valence-corrected chi connectivity index (χ0v) is 11.9. The first-order chi connectivity index (χ1) is 9.81. The third-order valence-corrected chi connectivity index (χ3v) is 3.89. The molecule has 0 saturated heterocycles. The number of benzene rings is 1. The molecular weight excluding hydrogens is 274 g/mol. The van der Waals surface area contributed by atoms with Crippen molar-refractivity contribution < 1.29 is 9.47 Å². The lowest BCUT2D eigenvalue weighted by Gasteiger charge is -2.18.